The average Bonchev–Trinajstić information content (AvgIpc) is 2.80. The number of benzene rings is 3. The molecule has 3 aromatic rings. The number of sulfonamides is 1. The standard InChI is InChI=1S/C21H20N4O7S/c1-31-20-6-4-3-5-17(20)24-33(29,30)15-8-9-16(18(12-15)25(27)28)23-22-13-14-7-10-19(26)21(11-14)32-2/h3-13,23-24,26H,1-2H3. The molecule has 0 fully saturated rings. The van der Waals surface area contributed by atoms with Gasteiger partial charge in [-0.2, -0.15) is 5.10 Å². The molecule has 172 valence electrons. The fourth-order valence-corrected chi connectivity index (χ4v) is 3.90. The largest absolute Gasteiger partial charge is 0.504 e. The summed E-state index contributed by atoms with van der Waals surface area (Å²) >= 11 is 0. The number of hydrazone groups is 1. The summed E-state index contributed by atoms with van der Waals surface area (Å²) in [5.74, 6) is 0.493. The summed E-state index contributed by atoms with van der Waals surface area (Å²) in [7, 11) is -1.34. The lowest BCUT2D eigenvalue weighted by Gasteiger charge is -2.12. The van der Waals surface area contributed by atoms with Gasteiger partial charge in [-0.15, -0.1) is 0 Å². The molecule has 0 aliphatic heterocycles. The highest BCUT2D eigenvalue weighted by molar-refractivity contribution is 7.92. The molecule has 11 nitrogen and oxygen atoms in total. The molecule has 0 heterocycles. The molecule has 3 N–H and O–H groups in total. The van der Waals surface area contributed by atoms with Gasteiger partial charge in [0.05, 0.1) is 35.9 Å². The van der Waals surface area contributed by atoms with E-state index in [2.05, 4.69) is 15.2 Å². The van der Waals surface area contributed by atoms with Crippen LogP contribution in [0, 0.1) is 10.1 Å². The number of nitrogens with one attached hydrogen (secondary N) is 2. The quantitative estimate of drug-likeness (QED) is 0.243. The van der Waals surface area contributed by atoms with Crippen LogP contribution < -0.4 is 19.6 Å². The molecular weight excluding hydrogens is 452 g/mol. The van der Waals surface area contributed by atoms with E-state index in [1.165, 1.54) is 50.8 Å². The fourth-order valence-electron chi connectivity index (χ4n) is 2.81. The summed E-state index contributed by atoms with van der Waals surface area (Å²) in [6.45, 7) is 0. The Labute approximate surface area is 189 Å². The second-order valence-corrected chi connectivity index (χ2v) is 8.23. The van der Waals surface area contributed by atoms with E-state index in [4.69, 9.17) is 9.47 Å². The number of ether oxygens (including phenoxy) is 2. The van der Waals surface area contributed by atoms with Crippen molar-refractivity contribution in [2.45, 2.75) is 4.90 Å². The van der Waals surface area contributed by atoms with Gasteiger partial charge in [0, 0.05) is 6.07 Å². The van der Waals surface area contributed by atoms with Crippen LogP contribution in [0.3, 0.4) is 0 Å². The second-order valence-electron chi connectivity index (χ2n) is 6.54. The van der Waals surface area contributed by atoms with Crippen molar-refractivity contribution >= 4 is 33.3 Å². The number of phenols is 1. The highest BCUT2D eigenvalue weighted by Crippen LogP contribution is 2.31. The number of nitro groups is 1. The Hall–Kier alpha value is -4.32. The third kappa shape index (κ3) is 5.49. The van der Waals surface area contributed by atoms with Gasteiger partial charge < -0.3 is 14.6 Å². The molecular formula is C21H20N4O7S. The van der Waals surface area contributed by atoms with Crippen LogP contribution in [-0.2, 0) is 10.0 Å². The maximum atomic E-state index is 12.8. The molecule has 0 aliphatic rings. The van der Waals surface area contributed by atoms with Crippen molar-refractivity contribution in [2.75, 3.05) is 24.4 Å². The molecule has 3 aromatic carbocycles. The normalized spacial score (nSPS) is 11.2. The van der Waals surface area contributed by atoms with E-state index in [0.29, 0.717) is 11.3 Å². The molecule has 0 aromatic heterocycles. The van der Waals surface area contributed by atoms with Crippen LogP contribution in [-0.4, -0.2) is 38.9 Å². The van der Waals surface area contributed by atoms with Gasteiger partial charge in [0.15, 0.2) is 11.5 Å². The number of anilines is 2. The minimum Gasteiger partial charge on any atom is -0.504 e. The molecule has 0 saturated heterocycles. The van der Waals surface area contributed by atoms with Gasteiger partial charge in [-0.3, -0.25) is 20.3 Å². The highest BCUT2D eigenvalue weighted by Gasteiger charge is 2.22. The van der Waals surface area contributed by atoms with E-state index < -0.39 is 20.6 Å². The summed E-state index contributed by atoms with van der Waals surface area (Å²) in [6, 6.07) is 14.3. The molecule has 0 amide bonds. The number of methoxy groups -OCH3 is 2. The molecule has 0 radical (unpaired) electrons. The number of rotatable bonds is 9. The summed E-state index contributed by atoms with van der Waals surface area (Å²) in [4.78, 5) is 10.5. The SMILES string of the molecule is COc1cc(C=NNc2ccc(S(=O)(=O)Nc3ccccc3OC)cc2[N+](=O)[O-])ccc1O. The number of phenolic OH excluding ortho intramolecular Hbond substituents is 1. The van der Waals surface area contributed by atoms with Crippen LogP contribution in [0.25, 0.3) is 0 Å². The van der Waals surface area contributed by atoms with E-state index in [9.17, 15) is 23.6 Å². The minimum absolute atomic E-state index is 0.0155. The van der Waals surface area contributed by atoms with Crippen molar-refractivity contribution in [2.24, 2.45) is 5.10 Å². The Morgan fingerprint density at radius 1 is 1.00 bits per heavy atom. The van der Waals surface area contributed by atoms with Crippen LogP contribution >= 0.6 is 0 Å². The van der Waals surface area contributed by atoms with Gasteiger partial charge in [-0.25, -0.2) is 8.42 Å². The summed E-state index contributed by atoms with van der Waals surface area (Å²) in [5.41, 5.74) is 2.78. The Morgan fingerprint density at radius 3 is 2.42 bits per heavy atom. The first kappa shape index (κ1) is 23.3. The lowest BCUT2D eigenvalue weighted by Crippen LogP contribution is -2.14. The number of hydrogen-bond acceptors (Lipinski definition) is 9. The van der Waals surface area contributed by atoms with E-state index in [1.54, 1.807) is 24.3 Å². The van der Waals surface area contributed by atoms with Gasteiger partial charge in [-0.1, -0.05) is 12.1 Å². The Balaban J connectivity index is 1.85. The van der Waals surface area contributed by atoms with E-state index in [-0.39, 0.29) is 27.8 Å². The van der Waals surface area contributed by atoms with Gasteiger partial charge >= 0.3 is 0 Å². The molecule has 0 bridgehead atoms. The monoisotopic (exact) mass is 472 g/mol. The molecule has 0 aliphatic carbocycles. The maximum absolute atomic E-state index is 12.8. The topological polar surface area (TPSA) is 152 Å². The van der Waals surface area contributed by atoms with Crippen molar-refractivity contribution in [3.8, 4) is 17.2 Å². The summed E-state index contributed by atoms with van der Waals surface area (Å²) < 4.78 is 38.0. The van der Waals surface area contributed by atoms with E-state index in [0.717, 1.165) is 6.07 Å². The van der Waals surface area contributed by atoms with Crippen LogP contribution in [0.15, 0.2) is 70.7 Å². The average molecular weight is 472 g/mol. The second kappa shape index (κ2) is 9.87. The van der Waals surface area contributed by atoms with Crippen LogP contribution in [0.4, 0.5) is 17.1 Å². The Kier molecular flexibility index (Phi) is 6.98. The highest BCUT2D eigenvalue weighted by atomic mass is 32.2. The minimum atomic E-state index is -4.13. The first-order chi connectivity index (χ1) is 15.7. The molecule has 0 spiro atoms. The van der Waals surface area contributed by atoms with Gasteiger partial charge in [-0.05, 0) is 48.0 Å². The van der Waals surface area contributed by atoms with Crippen molar-refractivity contribution in [1.82, 2.24) is 0 Å². The van der Waals surface area contributed by atoms with Crippen LogP contribution in [0.1, 0.15) is 5.56 Å². The first-order valence-electron chi connectivity index (χ1n) is 9.35. The fraction of sp³-hybridized carbons (Fsp3) is 0.0952. The zero-order valence-corrected chi connectivity index (χ0v) is 18.4. The number of aromatic hydroxyl groups is 1. The summed E-state index contributed by atoms with van der Waals surface area (Å²) in [6.07, 6.45) is 1.36. The maximum Gasteiger partial charge on any atom is 0.295 e. The number of para-hydroxylation sites is 2. The number of nitrogens with zero attached hydrogens (tertiary/aromatic N) is 2. The molecule has 0 atom stereocenters. The zero-order chi connectivity index (χ0) is 24.0. The first-order valence-corrected chi connectivity index (χ1v) is 10.8. The van der Waals surface area contributed by atoms with Crippen molar-refractivity contribution < 1.29 is 27.9 Å². The number of hydrogen-bond donors (Lipinski definition) is 3. The Morgan fingerprint density at radius 2 is 1.73 bits per heavy atom. The lowest BCUT2D eigenvalue weighted by molar-refractivity contribution is -0.384. The van der Waals surface area contributed by atoms with E-state index >= 15 is 0 Å². The summed E-state index contributed by atoms with van der Waals surface area (Å²) in [5, 5.41) is 25.1. The van der Waals surface area contributed by atoms with Gasteiger partial charge in [0.25, 0.3) is 15.7 Å². The van der Waals surface area contributed by atoms with Crippen molar-refractivity contribution in [1.29, 1.82) is 0 Å². The predicted octanol–water partition coefficient (Wildman–Crippen LogP) is 3.56. The predicted molar refractivity (Wildman–Crippen MR) is 123 cm³/mol. The van der Waals surface area contributed by atoms with E-state index in [1.807, 2.05) is 0 Å². The molecule has 12 heteroatoms. The molecule has 33 heavy (non-hydrogen) atoms. The molecule has 0 unspecified atom stereocenters. The third-order valence-electron chi connectivity index (χ3n) is 4.43. The third-order valence-corrected chi connectivity index (χ3v) is 5.79. The van der Waals surface area contributed by atoms with Gasteiger partial charge in [0.1, 0.15) is 11.4 Å². The number of nitro benzene ring substituents is 1. The molecule has 3 rings (SSSR count). The van der Waals surface area contributed by atoms with Crippen LogP contribution in [0.5, 0.6) is 17.2 Å². The smallest absolute Gasteiger partial charge is 0.295 e. The van der Waals surface area contributed by atoms with Crippen LogP contribution in [0.2, 0.25) is 0 Å². The lowest BCUT2D eigenvalue weighted by atomic mass is 10.2. The zero-order valence-electron chi connectivity index (χ0n) is 17.6. The molecule has 0 saturated carbocycles. The Bertz CT molecular complexity index is 1310. The van der Waals surface area contributed by atoms with Crippen molar-refractivity contribution in [3.05, 3.63) is 76.3 Å². The van der Waals surface area contributed by atoms with Crippen molar-refractivity contribution in [3.63, 3.8) is 0 Å². The van der Waals surface area contributed by atoms with Gasteiger partial charge in [0.2, 0.25) is 0 Å².